The van der Waals surface area contributed by atoms with Crippen LogP contribution in [0.2, 0.25) is 0 Å². The van der Waals surface area contributed by atoms with Gasteiger partial charge in [-0.15, -0.1) is 0 Å². The first kappa shape index (κ1) is 17.5. The zero-order valence-corrected chi connectivity index (χ0v) is 14.7. The SMILES string of the molecule is CCc1ccccc1OC(C(=O)NCC(N)C1CC1)c1ccccc1. The van der Waals surface area contributed by atoms with E-state index in [0.717, 1.165) is 23.3 Å². The maximum Gasteiger partial charge on any atom is 0.265 e. The van der Waals surface area contributed by atoms with Crippen molar-refractivity contribution in [2.45, 2.75) is 38.3 Å². The Bertz CT molecular complexity index is 698. The molecule has 4 nitrogen and oxygen atoms in total. The number of hydrogen-bond donors (Lipinski definition) is 2. The van der Waals surface area contributed by atoms with Gasteiger partial charge >= 0.3 is 0 Å². The lowest BCUT2D eigenvalue weighted by molar-refractivity contribution is -0.128. The predicted molar refractivity (Wildman–Crippen MR) is 99.3 cm³/mol. The number of ether oxygens (including phenoxy) is 1. The van der Waals surface area contributed by atoms with Crippen LogP contribution in [0, 0.1) is 5.92 Å². The maximum atomic E-state index is 12.8. The number of nitrogens with one attached hydrogen (secondary N) is 1. The standard InChI is InChI=1S/C21H26N2O2/c1-2-15-8-6-7-11-19(15)25-20(17-9-4-3-5-10-17)21(24)23-14-18(22)16-12-13-16/h3-11,16,18,20H,2,12-14,22H2,1H3,(H,23,24). The van der Waals surface area contributed by atoms with E-state index in [2.05, 4.69) is 12.2 Å². The number of benzene rings is 2. The van der Waals surface area contributed by atoms with Gasteiger partial charge in [0, 0.05) is 18.2 Å². The van der Waals surface area contributed by atoms with Crippen LogP contribution in [-0.2, 0) is 11.2 Å². The molecule has 3 N–H and O–H groups in total. The average Bonchev–Trinajstić information content (AvgIpc) is 3.50. The van der Waals surface area contributed by atoms with Crippen molar-refractivity contribution in [3.05, 3.63) is 65.7 Å². The molecule has 132 valence electrons. The molecule has 1 fully saturated rings. The highest BCUT2D eigenvalue weighted by atomic mass is 16.5. The summed E-state index contributed by atoms with van der Waals surface area (Å²) >= 11 is 0. The molecule has 0 bridgehead atoms. The maximum absolute atomic E-state index is 12.8. The van der Waals surface area contributed by atoms with Crippen LogP contribution < -0.4 is 15.8 Å². The van der Waals surface area contributed by atoms with E-state index in [0.29, 0.717) is 12.5 Å². The summed E-state index contributed by atoms with van der Waals surface area (Å²) in [4.78, 5) is 12.8. The van der Waals surface area contributed by atoms with E-state index in [4.69, 9.17) is 10.5 Å². The summed E-state index contributed by atoms with van der Waals surface area (Å²) in [6, 6.07) is 17.5. The Morgan fingerprint density at radius 1 is 1.16 bits per heavy atom. The topological polar surface area (TPSA) is 64.3 Å². The van der Waals surface area contributed by atoms with E-state index in [1.807, 2.05) is 54.6 Å². The van der Waals surface area contributed by atoms with Gasteiger partial charge in [0.25, 0.3) is 5.91 Å². The van der Waals surface area contributed by atoms with Gasteiger partial charge in [-0.25, -0.2) is 0 Å². The highest BCUT2D eigenvalue weighted by Crippen LogP contribution is 2.31. The molecule has 1 aliphatic rings. The molecule has 1 aliphatic carbocycles. The molecule has 2 unspecified atom stereocenters. The second-order valence-corrected chi connectivity index (χ2v) is 6.62. The first-order chi connectivity index (χ1) is 12.2. The normalized spacial score (nSPS) is 16.1. The molecule has 25 heavy (non-hydrogen) atoms. The third-order valence-electron chi connectivity index (χ3n) is 4.68. The van der Waals surface area contributed by atoms with Gasteiger partial charge in [-0.2, -0.15) is 0 Å². The molecule has 0 radical (unpaired) electrons. The van der Waals surface area contributed by atoms with Crippen LogP contribution in [0.15, 0.2) is 54.6 Å². The van der Waals surface area contributed by atoms with E-state index in [1.54, 1.807) is 0 Å². The van der Waals surface area contributed by atoms with E-state index >= 15 is 0 Å². The van der Waals surface area contributed by atoms with E-state index < -0.39 is 6.10 Å². The minimum Gasteiger partial charge on any atom is -0.476 e. The van der Waals surface area contributed by atoms with Crippen LogP contribution in [0.5, 0.6) is 5.75 Å². The van der Waals surface area contributed by atoms with Crippen molar-refractivity contribution < 1.29 is 9.53 Å². The number of nitrogens with two attached hydrogens (primary N) is 1. The first-order valence-corrected chi connectivity index (χ1v) is 9.01. The smallest absolute Gasteiger partial charge is 0.265 e. The van der Waals surface area contributed by atoms with Gasteiger partial charge in [0.05, 0.1) is 0 Å². The summed E-state index contributed by atoms with van der Waals surface area (Å²) in [6.07, 6.45) is 2.51. The lowest BCUT2D eigenvalue weighted by atomic mass is 10.1. The van der Waals surface area contributed by atoms with Crippen LogP contribution in [0.25, 0.3) is 0 Å². The molecule has 4 heteroatoms. The quantitative estimate of drug-likeness (QED) is 0.777. The number of carbonyl (C=O) groups excluding carboxylic acids is 1. The Kier molecular flexibility index (Phi) is 5.71. The van der Waals surface area contributed by atoms with Crippen molar-refractivity contribution >= 4 is 5.91 Å². The molecule has 0 spiro atoms. The van der Waals surface area contributed by atoms with Gasteiger partial charge < -0.3 is 15.8 Å². The van der Waals surface area contributed by atoms with E-state index in [1.165, 1.54) is 12.8 Å². The van der Waals surface area contributed by atoms with E-state index in [9.17, 15) is 4.79 Å². The monoisotopic (exact) mass is 338 g/mol. The minimum absolute atomic E-state index is 0.0308. The Morgan fingerprint density at radius 2 is 1.84 bits per heavy atom. The molecule has 2 aromatic carbocycles. The summed E-state index contributed by atoms with van der Waals surface area (Å²) in [5.41, 5.74) is 8.04. The number of rotatable bonds is 8. The van der Waals surface area contributed by atoms with Crippen molar-refractivity contribution in [3.8, 4) is 5.75 Å². The number of aryl methyl sites for hydroxylation is 1. The second-order valence-electron chi connectivity index (χ2n) is 6.62. The number of amides is 1. The van der Waals surface area contributed by atoms with Crippen LogP contribution >= 0.6 is 0 Å². The molecule has 2 aromatic rings. The fourth-order valence-electron chi connectivity index (χ4n) is 2.94. The van der Waals surface area contributed by atoms with Gasteiger partial charge in [0.2, 0.25) is 6.10 Å². The van der Waals surface area contributed by atoms with Crippen molar-refractivity contribution in [3.63, 3.8) is 0 Å². The van der Waals surface area contributed by atoms with Crippen molar-refractivity contribution in [1.29, 1.82) is 0 Å². The van der Waals surface area contributed by atoms with Crippen LogP contribution in [0.4, 0.5) is 0 Å². The van der Waals surface area contributed by atoms with Crippen molar-refractivity contribution in [2.75, 3.05) is 6.54 Å². The Morgan fingerprint density at radius 3 is 2.52 bits per heavy atom. The molecule has 1 saturated carbocycles. The molecule has 0 saturated heterocycles. The fraction of sp³-hybridized carbons (Fsp3) is 0.381. The predicted octanol–water partition coefficient (Wildman–Crippen LogP) is 3.22. The van der Waals surface area contributed by atoms with Crippen molar-refractivity contribution in [2.24, 2.45) is 11.7 Å². The molecule has 0 aromatic heterocycles. The molecule has 0 aliphatic heterocycles. The zero-order chi connectivity index (χ0) is 17.6. The Labute approximate surface area is 149 Å². The minimum atomic E-state index is -0.680. The largest absolute Gasteiger partial charge is 0.476 e. The fourth-order valence-corrected chi connectivity index (χ4v) is 2.94. The van der Waals surface area contributed by atoms with Gasteiger partial charge in [-0.1, -0.05) is 55.5 Å². The van der Waals surface area contributed by atoms with Gasteiger partial charge in [-0.3, -0.25) is 4.79 Å². The number of hydrogen-bond acceptors (Lipinski definition) is 3. The summed E-state index contributed by atoms with van der Waals surface area (Å²) < 4.78 is 6.14. The third kappa shape index (κ3) is 4.60. The molecule has 1 amide bonds. The zero-order valence-electron chi connectivity index (χ0n) is 14.7. The molecular weight excluding hydrogens is 312 g/mol. The van der Waals surface area contributed by atoms with Crippen LogP contribution in [0.1, 0.15) is 37.0 Å². The summed E-state index contributed by atoms with van der Waals surface area (Å²) in [6.45, 7) is 2.57. The summed E-state index contributed by atoms with van der Waals surface area (Å²) in [7, 11) is 0. The number of carbonyl (C=O) groups is 1. The Hall–Kier alpha value is -2.33. The third-order valence-corrected chi connectivity index (χ3v) is 4.68. The Balaban J connectivity index is 1.76. The lowest BCUT2D eigenvalue weighted by Gasteiger charge is -2.22. The average molecular weight is 338 g/mol. The van der Waals surface area contributed by atoms with Crippen LogP contribution in [-0.4, -0.2) is 18.5 Å². The highest BCUT2D eigenvalue weighted by molar-refractivity contribution is 5.82. The molecule has 2 atom stereocenters. The summed E-state index contributed by atoms with van der Waals surface area (Å²) in [5, 5.41) is 2.97. The first-order valence-electron chi connectivity index (χ1n) is 9.01. The molecular formula is C21H26N2O2. The second kappa shape index (κ2) is 8.17. The van der Waals surface area contributed by atoms with Gasteiger partial charge in [0.1, 0.15) is 5.75 Å². The van der Waals surface area contributed by atoms with Crippen LogP contribution in [0.3, 0.4) is 0 Å². The molecule has 0 heterocycles. The van der Waals surface area contributed by atoms with Crippen molar-refractivity contribution in [1.82, 2.24) is 5.32 Å². The van der Waals surface area contributed by atoms with Gasteiger partial charge in [0.15, 0.2) is 0 Å². The highest BCUT2D eigenvalue weighted by Gasteiger charge is 2.30. The molecule has 3 rings (SSSR count). The van der Waals surface area contributed by atoms with E-state index in [-0.39, 0.29) is 11.9 Å². The number of para-hydroxylation sites is 1. The lowest BCUT2D eigenvalue weighted by Crippen LogP contribution is -2.41. The summed E-state index contributed by atoms with van der Waals surface area (Å²) in [5.74, 6) is 1.16. The van der Waals surface area contributed by atoms with Gasteiger partial charge in [-0.05, 0) is 36.8 Å².